The highest BCUT2D eigenvalue weighted by atomic mass is 16.3. The average Bonchev–Trinajstić information content (AvgIpc) is 2.70. The van der Waals surface area contributed by atoms with Crippen molar-refractivity contribution in [2.75, 3.05) is 0 Å². The summed E-state index contributed by atoms with van der Waals surface area (Å²) in [6, 6.07) is 10.6. The van der Waals surface area contributed by atoms with Crippen molar-refractivity contribution in [3.8, 4) is 0 Å². The fourth-order valence-electron chi connectivity index (χ4n) is 3.00. The molecule has 0 aliphatic heterocycles. The second-order valence-corrected chi connectivity index (χ2v) is 5.57. The first-order valence-electron chi connectivity index (χ1n) is 7.34. The van der Waals surface area contributed by atoms with Crippen LogP contribution in [0.5, 0.6) is 0 Å². The fourth-order valence-corrected chi connectivity index (χ4v) is 3.00. The molecule has 21 heavy (non-hydrogen) atoms. The summed E-state index contributed by atoms with van der Waals surface area (Å²) in [6.07, 6.45) is 12.5. The van der Waals surface area contributed by atoms with Gasteiger partial charge in [0, 0.05) is 16.8 Å². The third-order valence-electron chi connectivity index (χ3n) is 4.07. The molecule has 1 atom stereocenters. The molecule has 0 spiro atoms. The molecule has 2 nitrogen and oxygen atoms in total. The highest BCUT2D eigenvalue weighted by Crippen LogP contribution is 2.26. The average molecular weight is 275 g/mol. The van der Waals surface area contributed by atoms with E-state index < -0.39 is 0 Å². The van der Waals surface area contributed by atoms with E-state index in [-0.39, 0.29) is 6.04 Å². The number of hydrogen-bond acceptors (Lipinski definition) is 2. The summed E-state index contributed by atoms with van der Waals surface area (Å²) in [4.78, 5) is 0. The number of benzene rings is 1. The van der Waals surface area contributed by atoms with Crippen LogP contribution in [-0.4, -0.2) is 6.04 Å². The van der Waals surface area contributed by atoms with E-state index in [0.717, 1.165) is 24.0 Å². The Balaban J connectivity index is 1.93. The highest BCUT2D eigenvalue weighted by Gasteiger charge is 2.15. The predicted molar refractivity (Wildman–Crippen MR) is 87.4 cm³/mol. The maximum Gasteiger partial charge on any atom is 0.135 e. The molecule has 2 aliphatic rings. The lowest BCUT2D eigenvalue weighted by atomic mass is 10.00. The molecule has 104 valence electrons. The molecule has 0 radical (unpaired) electrons. The van der Waals surface area contributed by atoms with Crippen molar-refractivity contribution in [2.45, 2.75) is 18.9 Å². The van der Waals surface area contributed by atoms with Crippen LogP contribution in [0, 0.1) is 0 Å². The molecule has 2 N–H and O–H groups in total. The van der Waals surface area contributed by atoms with Gasteiger partial charge in [0.1, 0.15) is 11.2 Å². The van der Waals surface area contributed by atoms with Crippen LogP contribution in [0.25, 0.3) is 29.9 Å². The number of furan rings is 1. The maximum atomic E-state index is 5.98. The topological polar surface area (TPSA) is 39.2 Å². The molecule has 0 fully saturated rings. The van der Waals surface area contributed by atoms with Crippen molar-refractivity contribution in [3.05, 3.63) is 63.9 Å². The van der Waals surface area contributed by atoms with Gasteiger partial charge in [0.05, 0.1) is 0 Å². The van der Waals surface area contributed by atoms with Gasteiger partial charge in [-0.1, -0.05) is 42.5 Å². The standard InChI is InChI=1S/C19H17NO/c20-15-9-10-16-17-11-14(13-5-2-1-3-6-13)7-4-8-18(17)21-19(16)12-15/h1-6,8,10-12,15H,7,9,20H2. The van der Waals surface area contributed by atoms with Crippen molar-refractivity contribution in [2.24, 2.45) is 5.73 Å². The molecule has 1 heterocycles. The zero-order chi connectivity index (χ0) is 14.2. The molecule has 2 heteroatoms. The first-order chi connectivity index (χ1) is 10.3. The van der Waals surface area contributed by atoms with Crippen molar-refractivity contribution < 1.29 is 4.42 Å². The number of rotatable bonds is 1. The van der Waals surface area contributed by atoms with Crippen LogP contribution in [0.2, 0.25) is 0 Å². The Morgan fingerprint density at radius 3 is 2.86 bits per heavy atom. The molecule has 1 unspecified atom stereocenters. The van der Waals surface area contributed by atoms with Crippen LogP contribution in [0.3, 0.4) is 0 Å². The van der Waals surface area contributed by atoms with Crippen LogP contribution >= 0.6 is 0 Å². The van der Waals surface area contributed by atoms with Crippen LogP contribution in [0.15, 0.2) is 40.8 Å². The van der Waals surface area contributed by atoms with E-state index >= 15 is 0 Å². The van der Waals surface area contributed by atoms with Gasteiger partial charge in [-0.05, 0) is 42.2 Å². The van der Waals surface area contributed by atoms with E-state index in [1.807, 2.05) is 12.1 Å². The van der Waals surface area contributed by atoms with Crippen LogP contribution in [0.4, 0.5) is 0 Å². The summed E-state index contributed by atoms with van der Waals surface area (Å²) >= 11 is 0. The molecule has 0 amide bonds. The second-order valence-electron chi connectivity index (χ2n) is 5.57. The van der Waals surface area contributed by atoms with E-state index in [4.69, 9.17) is 10.2 Å². The van der Waals surface area contributed by atoms with Gasteiger partial charge >= 0.3 is 0 Å². The first-order valence-corrected chi connectivity index (χ1v) is 7.34. The van der Waals surface area contributed by atoms with E-state index in [0.29, 0.717) is 0 Å². The molecule has 0 saturated heterocycles. The molecule has 0 saturated carbocycles. The Labute approximate surface area is 123 Å². The third kappa shape index (κ3) is 2.18. The van der Waals surface area contributed by atoms with Crippen molar-refractivity contribution in [1.82, 2.24) is 0 Å². The second kappa shape index (κ2) is 4.90. The van der Waals surface area contributed by atoms with E-state index in [1.54, 1.807) is 0 Å². The van der Waals surface area contributed by atoms with Crippen molar-refractivity contribution in [3.63, 3.8) is 0 Å². The van der Waals surface area contributed by atoms with Crippen LogP contribution in [-0.2, 0) is 0 Å². The van der Waals surface area contributed by atoms with Gasteiger partial charge in [0.2, 0.25) is 0 Å². The van der Waals surface area contributed by atoms with E-state index in [9.17, 15) is 0 Å². The van der Waals surface area contributed by atoms with Gasteiger partial charge in [0.25, 0.3) is 0 Å². The minimum atomic E-state index is 0.0637. The Morgan fingerprint density at radius 1 is 1.14 bits per heavy atom. The van der Waals surface area contributed by atoms with Gasteiger partial charge in [-0.2, -0.15) is 0 Å². The summed E-state index contributed by atoms with van der Waals surface area (Å²) < 4.78 is 5.96. The summed E-state index contributed by atoms with van der Waals surface area (Å²) in [7, 11) is 0. The Morgan fingerprint density at radius 2 is 2.00 bits per heavy atom. The largest absolute Gasteiger partial charge is 0.456 e. The highest BCUT2D eigenvalue weighted by molar-refractivity contribution is 5.86. The quantitative estimate of drug-likeness (QED) is 0.868. The number of nitrogens with two attached hydrogens (primary N) is 1. The number of fused-ring (bicyclic) bond motifs is 3. The summed E-state index contributed by atoms with van der Waals surface area (Å²) in [5, 5.41) is 1.19. The fraction of sp³-hybridized carbons (Fsp3) is 0.158. The number of hydrogen-bond donors (Lipinski definition) is 1. The molecule has 2 aromatic rings. The molecule has 4 rings (SSSR count). The van der Waals surface area contributed by atoms with Gasteiger partial charge in [0.15, 0.2) is 0 Å². The number of allylic oxidation sites excluding steroid dienone is 2. The van der Waals surface area contributed by atoms with E-state index in [2.05, 4.69) is 48.6 Å². The minimum absolute atomic E-state index is 0.0637. The zero-order valence-corrected chi connectivity index (χ0v) is 11.8. The Bertz CT molecular complexity index is 853. The molecular weight excluding hydrogens is 258 g/mol. The monoisotopic (exact) mass is 275 g/mol. The first kappa shape index (κ1) is 12.4. The lowest BCUT2D eigenvalue weighted by Crippen LogP contribution is -2.32. The van der Waals surface area contributed by atoms with Gasteiger partial charge in [-0.25, -0.2) is 0 Å². The molecule has 2 aliphatic carbocycles. The van der Waals surface area contributed by atoms with Gasteiger partial charge in [-0.15, -0.1) is 0 Å². The molecule has 1 aromatic heterocycles. The van der Waals surface area contributed by atoms with Crippen LogP contribution < -0.4 is 16.4 Å². The molecular formula is C19H17NO. The summed E-state index contributed by atoms with van der Waals surface area (Å²) in [5.41, 5.74) is 10.7. The van der Waals surface area contributed by atoms with Gasteiger partial charge < -0.3 is 10.2 Å². The Hall–Kier alpha value is -2.32. The smallest absolute Gasteiger partial charge is 0.135 e. The minimum Gasteiger partial charge on any atom is -0.456 e. The lowest BCUT2D eigenvalue weighted by molar-refractivity contribution is 0.517. The van der Waals surface area contributed by atoms with Gasteiger partial charge in [-0.3, -0.25) is 0 Å². The predicted octanol–water partition coefficient (Wildman–Crippen LogP) is 2.53. The van der Waals surface area contributed by atoms with Crippen molar-refractivity contribution in [1.29, 1.82) is 0 Å². The summed E-state index contributed by atoms with van der Waals surface area (Å²) in [5.74, 6) is 0.938. The molecule has 0 bridgehead atoms. The normalized spacial score (nSPS) is 19.7. The maximum absolute atomic E-state index is 5.98. The van der Waals surface area contributed by atoms with Crippen LogP contribution in [0.1, 0.15) is 29.7 Å². The van der Waals surface area contributed by atoms with Crippen molar-refractivity contribution >= 4 is 29.9 Å². The Kier molecular flexibility index (Phi) is 2.90. The zero-order valence-electron chi connectivity index (χ0n) is 11.8. The third-order valence-corrected chi connectivity index (χ3v) is 4.07. The molecule has 1 aromatic carbocycles. The summed E-state index contributed by atoms with van der Waals surface area (Å²) in [6.45, 7) is 0. The SMILES string of the molecule is NC1C=c2oc3c(c2=CC1)C=C(c1ccccc1)CC=C3. The van der Waals surface area contributed by atoms with E-state index in [1.165, 1.54) is 21.9 Å². The lowest BCUT2D eigenvalue weighted by Gasteiger charge is -2.05.